The van der Waals surface area contributed by atoms with Crippen LogP contribution in [0.1, 0.15) is 122 Å². The Labute approximate surface area is 241 Å². The molecule has 2 unspecified atom stereocenters. The van der Waals surface area contributed by atoms with E-state index in [2.05, 4.69) is 16.9 Å². The van der Waals surface area contributed by atoms with Gasteiger partial charge in [0.2, 0.25) is 0 Å². The molecule has 1 aromatic rings. The smallest absolute Gasteiger partial charge is 0.316 e. The van der Waals surface area contributed by atoms with Crippen LogP contribution in [-0.2, 0) is 20.3 Å². The first-order valence-electron chi connectivity index (χ1n) is 15.8. The van der Waals surface area contributed by atoms with Crippen molar-refractivity contribution in [2.24, 2.45) is 0 Å². The Morgan fingerprint density at radius 1 is 0.718 bits per heavy atom. The van der Waals surface area contributed by atoms with Crippen LogP contribution in [0.5, 0.6) is 6.01 Å². The van der Waals surface area contributed by atoms with Gasteiger partial charge in [0.1, 0.15) is 6.10 Å². The summed E-state index contributed by atoms with van der Waals surface area (Å²) in [6.45, 7) is 4.57. The molecule has 1 aromatic heterocycles. The van der Waals surface area contributed by atoms with Crippen molar-refractivity contribution < 1.29 is 23.5 Å². The highest BCUT2D eigenvalue weighted by Gasteiger charge is 2.16. The van der Waals surface area contributed by atoms with Gasteiger partial charge in [0.25, 0.3) is 0 Å². The maximum absolute atomic E-state index is 12.6. The molecule has 0 fully saturated rings. The van der Waals surface area contributed by atoms with Crippen molar-refractivity contribution in [3.8, 4) is 6.01 Å². The lowest BCUT2D eigenvalue weighted by Crippen LogP contribution is -2.31. The Morgan fingerprint density at radius 3 is 1.79 bits per heavy atom. The maximum atomic E-state index is 12.6. The Morgan fingerprint density at radius 2 is 1.23 bits per heavy atom. The fourth-order valence-electron chi connectivity index (χ4n) is 4.46. The monoisotopic (exact) mass is 570 g/mol. The van der Waals surface area contributed by atoms with Crippen LogP contribution in [0.4, 0.5) is 0 Å². The largest absolute Gasteiger partial charge is 0.457 e. The van der Waals surface area contributed by atoms with E-state index in [4.69, 9.17) is 19.3 Å². The highest BCUT2D eigenvalue weighted by atomic mass is 32.2. The number of hydrogen-bond donors (Lipinski definition) is 1. The number of rotatable bonds is 30. The average molecular weight is 571 g/mol. The third-order valence-corrected chi connectivity index (χ3v) is 8.23. The second-order valence-corrected chi connectivity index (χ2v) is 12.1. The summed E-state index contributed by atoms with van der Waals surface area (Å²) >= 11 is 0. The average Bonchev–Trinajstić information content (AvgIpc) is 2.94. The summed E-state index contributed by atoms with van der Waals surface area (Å²) in [6.07, 6.45) is 25.9. The number of unbranched alkanes of at least 4 members (excludes halogenated alkanes) is 15. The van der Waals surface area contributed by atoms with E-state index in [0.29, 0.717) is 50.8 Å². The molecule has 0 amide bonds. The van der Waals surface area contributed by atoms with E-state index >= 15 is 0 Å². The molecule has 0 radical (unpaired) electrons. The maximum Gasteiger partial charge on any atom is 0.316 e. The van der Waals surface area contributed by atoms with E-state index in [1.807, 2.05) is 0 Å². The summed E-state index contributed by atoms with van der Waals surface area (Å²) in [6, 6.07) is 2.03. The van der Waals surface area contributed by atoms with Crippen molar-refractivity contribution in [1.82, 2.24) is 9.97 Å². The minimum Gasteiger partial charge on any atom is -0.457 e. The van der Waals surface area contributed by atoms with E-state index in [1.54, 1.807) is 18.5 Å². The highest BCUT2D eigenvalue weighted by molar-refractivity contribution is 7.85. The normalized spacial score (nSPS) is 13.0. The van der Waals surface area contributed by atoms with Crippen molar-refractivity contribution in [1.29, 1.82) is 0 Å². The molecule has 1 heterocycles. The lowest BCUT2D eigenvalue weighted by molar-refractivity contribution is 0.0538. The van der Waals surface area contributed by atoms with E-state index < -0.39 is 10.8 Å². The Hall–Kier alpha value is -1.09. The van der Waals surface area contributed by atoms with Gasteiger partial charge in [-0.1, -0.05) is 103 Å². The molecular weight excluding hydrogens is 512 g/mol. The Balaban J connectivity index is 2.04. The molecule has 0 aromatic carbocycles. The molecule has 0 saturated heterocycles. The van der Waals surface area contributed by atoms with Gasteiger partial charge in [-0.05, 0) is 25.3 Å². The molecule has 39 heavy (non-hydrogen) atoms. The highest BCUT2D eigenvalue weighted by Crippen LogP contribution is 2.14. The van der Waals surface area contributed by atoms with Crippen LogP contribution in [0.2, 0.25) is 0 Å². The van der Waals surface area contributed by atoms with Crippen molar-refractivity contribution in [3.63, 3.8) is 0 Å². The van der Waals surface area contributed by atoms with Gasteiger partial charge in [0.05, 0.1) is 12.4 Å². The molecule has 8 heteroatoms. The third kappa shape index (κ3) is 24.4. The molecule has 2 atom stereocenters. The number of aliphatic hydroxyl groups is 1. The molecule has 0 spiro atoms. The van der Waals surface area contributed by atoms with Crippen LogP contribution in [0, 0.1) is 0 Å². The molecule has 0 bridgehead atoms. The van der Waals surface area contributed by atoms with E-state index in [0.717, 1.165) is 6.42 Å². The van der Waals surface area contributed by atoms with Crippen molar-refractivity contribution in [3.05, 3.63) is 18.5 Å². The van der Waals surface area contributed by atoms with Gasteiger partial charge in [0.15, 0.2) is 0 Å². The number of aliphatic hydroxyl groups excluding tert-OH is 1. The Kier molecular flexibility index (Phi) is 26.2. The van der Waals surface area contributed by atoms with Crippen LogP contribution in [0.3, 0.4) is 0 Å². The van der Waals surface area contributed by atoms with Gasteiger partial charge in [-0.15, -0.1) is 0 Å². The van der Waals surface area contributed by atoms with Crippen molar-refractivity contribution >= 4 is 10.8 Å². The summed E-state index contributed by atoms with van der Waals surface area (Å²) in [5.41, 5.74) is 0. The van der Waals surface area contributed by atoms with Gasteiger partial charge in [-0.3, -0.25) is 4.21 Å². The van der Waals surface area contributed by atoms with Gasteiger partial charge in [-0.2, -0.15) is 0 Å². The zero-order valence-electron chi connectivity index (χ0n) is 24.9. The topological polar surface area (TPSA) is 90.8 Å². The zero-order chi connectivity index (χ0) is 28.1. The molecule has 7 nitrogen and oxygen atoms in total. The zero-order valence-corrected chi connectivity index (χ0v) is 25.7. The number of ether oxygens (including phenoxy) is 3. The van der Waals surface area contributed by atoms with Crippen LogP contribution in [-0.4, -0.2) is 69.9 Å². The lowest BCUT2D eigenvalue weighted by Gasteiger charge is -2.17. The van der Waals surface area contributed by atoms with Gasteiger partial charge < -0.3 is 19.3 Å². The van der Waals surface area contributed by atoms with Crippen molar-refractivity contribution in [2.75, 3.05) is 44.5 Å². The summed E-state index contributed by atoms with van der Waals surface area (Å²) in [5, 5.41) is 8.79. The van der Waals surface area contributed by atoms with Gasteiger partial charge in [-0.25, -0.2) is 9.97 Å². The first-order chi connectivity index (χ1) is 19.3. The third-order valence-electron chi connectivity index (χ3n) is 6.74. The second kappa shape index (κ2) is 28.4. The van der Waals surface area contributed by atoms with Crippen molar-refractivity contribution in [2.45, 2.75) is 129 Å². The van der Waals surface area contributed by atoms with E-state index in [1.165, 1.54) is 96.3 Å². The van der Waals surface area contributed by atoms with E-state index in [9.17, 15) is 4.21 Å². The summed E-state index contributed by atoms with van der Waals surface area (Å²) < 4.78 is 29.8. The Bertz CT molecular complexity index is 653. The predicted octanol–water partition coefficient (Wildman–Crippen LogP) is 7.04. The predicted molar refractivity (Wildman–Crippen MR) is 162 cm³/mol. The molecule has 0 aliphatic carbocycles. The number of nitrogens with zero attached hydrogens (tertiary/aromatic N) is 2. The molecule has 0 aliphatic heterocycles. The molecule has 1 rings (SSSR count). The summed E-state index contributed by atoms with van der Waals surface area (Å²) in [4.78, 5) is 8.26. The van der Waals surface area contributed by atoms with E-state index in [-0.39, 0.29) is 18.7 Å². The fourth-order valence-corrected chi connectivity index (χ4v) is 5.65. The quantitative estimate of drug-likeness (QED) is 0.0992. The standard InChI is InChI=1S/C31H58N2O5S/c1-2-3-4-5-6-7-8-9-10-11-12-13-14-15-16-17-24-37-28-30(38-31-32-21-18-22-33-31)29-39(35)27-20-26-36-25-19-23-34/h18,21-22,30,34H,2-17,19-20,23-29H2,1H3. The molecule has 0 saturated carbocycles. The molecule has 0 aliphatic rings. The van der Waals surface area contributed by atoms with Crippen LogP contribution in [0.15, 0.2) is 18.5 Å². The lowest BCUT2D eigenvalue weighted by atomic mass is 10.0. The SMILES string of the molecule is CCCCCCCCCCCCCCCCCCOCC(CS(=O)CCCOCCCO)Oc1ncccn1. The first kappa shape index (κ1) is 35.9. The van der Waals surface area contributed by atoms with Gasteiger partial charge in [0, 0.05) is 55.4 Å². The fraction of sp³-hybridized carbons (Fsp3) is 0.871. The number of hydrogen-bond acceptors (Lipinski definition) is 7. The minimum atomic E-state index is -1.04. The van der Waals surface area contributed by atoms with Crippen LogP contribution in [0.25, 0.3) is 0 Å². The summed E-state index contributed by atoms with van der Waals surface area (Å²) in [5.74, 6) is 0.932. The first-order valence-corrected chi connectivity index (χ1v) is 17.3. The number of aromatic nitrogens is 2. The molecule has 228 valence electrons. The summed E-state index contributed by atoms with van der Waals surface area (Å²) in [7, 11) is -1.04. The van der Waals surface area contributed by atoms with Crippen LogP contribution < -0.4 is 4.74 Å². The molecule has 1 N–H and O–H groups in total. The minimum absolute atomic E-state index is 0.131. The van der Waals surface area contributed by atoms with Gasteiger partial charge >= 0.3 is 6.01 Å². The van der Waals surface area contributed by atoms with Crippen LogP contribution >= 0.6 is 0 Å². The second-order valence-electron chi connectivity index (χ2n) is 10.5. The molecular formula is C31H58N2O5S.